The van der Waals surface area contributed by atoms with Crippen molar-refractivity contribution in [1.29, 1.82) is 0 Å². The lowest BCUT2D eigenvalue weighted by molar-refractivity contribution is -0.143. The van der Waals surface area contributed by atoms with Crippen molar-refractivity contribution in [3.05, 3.63) is 0 Å². The lowest BCUT2D eigenvalue weighted by Crippen LogP contribution is -2.05. The van der Waals surface area contributed by atoms with Crippen molar-refractivity contribution in [2.75, 3.05) is 13.2 Å². The Morgan fingerprint density at radius 3 is 2.38 bits per heavy atom. The molecule has 0 spiro atoms. The van der Waals surface area contributed by atoms with Crippen LogP contribution >= 0.6 is 0 Å². The summed E-state index contributed by atoms with van der Waals surface area (Å²) < 4.78 is 5.13. The summed E-state index contributed by atoms with van der Waals surface area (Å²) >= 11 is 0. The van der Waals surface area contributed by atoms with Crippen molar-refractivity contribution in [2.45, 2.75) is 64.7 Å². The highest BCUT2D eigenvalue weighted by molar-refractivity contribution is 5.69. The molecule has 0 saturated carbocycles. The maximum atomic E-state index is 11.3. The molecule has 0 aliphatic rings. The minimum Gasteiger partial charge on any atom is -0.466 e. The van der Waals surface area contributed by atoms with Gasteiger partial charge in [0, 0.05) is 6.42 Å². The van der Waals surface area contributed by atoms with Crippen molar-refractivity contribution in [3.63, 3.8) is 0 Å². The summed E-state index contributed by atoms with van der Waals surface area (Å²) in [5, 5.41) is 0. The van der Waals surface area contributed by atoms with E-state index in [9.17, 15) is 4.79 Å². The largest absolute Gasteiger partial charge is 0.466 e. The summed E-state index contributed by atoms with van der Waals surface area (Å²) in [6, 6.07) is 0. The predicted molar refractivity (Wildman–Crippen MR) is 67.2 cm³/mol. The average molecular weight is 229 g/mol. The highest BCUT2D eigenvalue weighted by Gasteiger charge is 2.01. The van der Waals surface area contributed by atoms with Gasteiger partial charge in [0.05, 0.1) is 6.61 Å². The maximum Gasteiger partial charge on any atom is 0.305 e. The molecule has 3 nitrogen and oxygen atoms in total. The summed E-state index contributed by atoms with van der Waals surface area (Å²) in [4.78, 5) is 11.3. The van der Waals surface area contributed by atoms with E-state index in [1.807, 2.05) is 0 Å². The summed E-state index contributed by atoms with van der Waals surface area (Å²) in [5.41, 5.74) is 5.38. The number of hydrogen-bond acceptors (Lipinski definition) is 3. The lowest BCUT2D eigenvalue weighted by atomic mass is 10.1. The molecular weight excluding hydrogens is 202 g/mol. The normalized spacial score (nSPS) is 10.4. The van der Waals surface area contributed by atoms with E-state index >= 15 is 0 Å². The van der Waals surface area contributed by atoms with E-state index in [0.717, 1.165) is 38.6 Å². The zero-order valence-electron chi connectivity index (χ0n) is 10.7. The molecule has 0 aromatic rings. The van der Waals surface area contributed by atoms with Gasteiger partial charge in [0.15, 0.2) is 0 Å². The summed E-state index contributed by atoms with van der Waals surface area (Å²) in [6.07, 6.45) is 9.40. The van der Waals surface area contributed by atoms with Crippen molar-refractivity contribution >= 4 is 5.97 Å². The number of esters is 1. The molecule has 2 N–H and O–H groups in total. The highest BCUT2D eigenvalue weighted by atomic mass is 16.5. The quantitative estimate of drug-likeness (QED) is 0.437. The Morgan fingerprint density at radius 2 is 1.69 bits per heavy atom. The van der Waals surface area contributed by atoms with Crippen LogP contribution in [0.1, 0.15) is 64.7 Å². The van der Waals surface area contributed by atoms with Gasteiger partial charge in [0.2, 0.25) is 0 Å². The SMILES string of the molecule is CCCCCCOC(=O)CCCCCCN. The van der Waals surface area contributed by atoms with Crippen LogP contribution in [0.15, 0.2) is 0 Å². The molecule has 0 heterocycles. The van der Waals surface area contributed by atoms with E-state index in [0.29, 0.717) is 13.0 Å². The van der Waals surface area contributed by atoms with Crippen LogP contribution in [0.3, 0.4) is 0 Å². The number of hydrogen-bond donors (Lipinski definition) is 1. The Bertz CT molecular complexity index is 144. The molecule has 0 saturated heterocycles. The average Bonchev–Trinajstić information content (AvgIpc) is 2.28. The molecule has 96 valence electrons. The summed E-state index contributed by atoms with van der Waals surface area (Å²) in [6.45, 7) is 3.52. The van der Waals surface area contributed by atoms with Gasteiger partial charge >= 0.3 is 5.97 Å². The van der Waals surface area contributed by atoms with E-state index < -0.39 is 0 Å². The van der Waals surface area contributed by atoms with Crippen LogP contribution in [0.2, 0.25) is 0 Å². The molecule has 0 bridgehead atoms. The van der Waals surface area contributed by atoms with Crippen molar-refractivity contribution in [1.82, 2.24) is 0 Å². The van der Waals surface area contributed by atoms with E-state index in [-0.39, 0.29) is 5.97 Å². The van der Waals surface area contributed by atoms with Gasteiger partial charge in [-0.1, -0.05) is 39.0 Å². The molecule has 0 aromatic carbocycles. The first-order valence-corrected chi connectivity index (χ1v) is 6.67. The Hall–Kier alpha value is -0.570. The van der Waals surface area contributed by atoms with Crippen LogP contribution in [-0.4, -0.2) is 19.1 Å². The molecule has 0 fully saturated rings. The van der Waals surface area contributed by atoms with Gasteiger partial charge in [-0.3, -0.25) is 4.79 Å². The molecule has 0 amide bonds. The fourth-order valence-electron chi connectivity index (χ4n) is 1.55. The number of ether oxygens (including phenoxy) is 1. The molecule has 3 heteroatoms. The van der Waals surface area contributed by atoms with E-state index in [2.05, 4.69) is 6.92 Å². The van der Waals surface area contributed by atoms with Gasteiger partial charge in [-0.05, 0) is 25.8 Å². The predicted octanol–water partition coefficient (Wildman–Crippen LogP) is 3.02. The fraction of sp³-hybridized carbons (Fsp3) is 0.923. The molecule has 0 radical (unpaired) electrons. The van der Waals surface area contributed by atoms with Gasteiger partial charge in [-0.2, -0.15) is 0 Å². The minimum atomic E-state index is -0.0377. The standard InChI is InChI=1S/C13H27NO2/c1-2-3-4-9-12-16-13(15)10-7-5-6-8-11-14/h2-12,14H2,1H3. The van der Waals surface area contributed by atoms with Crippen LogP contribution < -0.4 is 5.73 Å². The van der Waals surface area contributed by atoms with E-state index in [1.54, 1.807) is 0 Å². The number of unbranched alkanes of at least 4 members (excludes halogenated alkanes) is 6. The van der Waals surface area contributed by atoms with Gasteiger partial charge in [0.1, 0.15) is 0 Å². The number of carbonyl (C=O) groups excluding carboxylic acids is 1. The smallest absolute Gasteiger partial charge is 0.305 e. The second kappa shape index (κ2) is 12.5. The van der Waals surface area contributed by atoms with E-state index in [4.69, 9.17) is 10.5 Å². The molecule has 0 unspecified atom stereocenters. The van der Waals surface area contributed by atoms with Crippen molar-refractivity contribution in [3.8, 4) is 0 Å². The van der Waals surface area contributed by atoms with Crippen LogP contribution in [-0.2, 0) is 9.53 Å². The monoisotopic (exact) mass is 229 g/mol. The third kappa shape index (κ3) is 11.5. The Kier molecular flexibility index (Phi) is 12.1. The topological polar surface area (TPSA) is 52.3 Å². The third-order valence-corrected chi connectivity index (χ3v) is 2.60. The fourth-order valence-corrected chi connectivity index (χ4v) is 1.55. The first-order chi connectivity index (χ1) is 7.81. The van der Waals surface area contributed by atoms with Gasteiger partial charge in [0.25, 0.3) is 0 Å². The summed E-state index contributed by atoms with van der Waals surface area (Å²) in [7, 11) is 0. The molecule has 0 aromatic heterocycles. The summed E-state index contributed by atoms with van der Waals surface area (Å²) in [5.74, 6) is -0.0377. The maximum absolute atomic E-state index is 11.3. The van der Waals surface area contributed by atoms with Crippen LogP contribution in [0.5, 0.6) is 0 Å². The lowest BCUT2D eigenvalue weighted by Gasteiger charge is -2.04. The second-order valence-corrected chi connectivity index (χ2v) is 4.23. The molecule has 0 atom stereocenters. The molecule has 16 heavy (non-hydrogen) atoms. The van der Waals surface area contributed by atoms with Gasteiger partial charge < -0.3 is 10.5 Å². The molecule has 0 rings (SSSR count). The molecule has 0 aliphatic heterocycles. The molecule has 0 aliphatic carbocycles. The zero-order chi connectivity index (χ0) is 12.1. The number of nitrogens with two attached hydrogens (primary N) is 1. The van der Waals surface area contributed by atoms with E-state index in [1.165, 1.54) is 19.3 Å². The van der Waals surface area contributed by atoms with Crippen molar-refractivity contribution < 1.29 is 9.53 Å². The van der Waals surface area contributed by atoms with Gasteiger partial charge in [-0.15, -0.1) is 0 Å². The number of carbonyl (C=O) groups is 1. The number of rotatable bonds is 11. The van der Waals surface area contributed by atoms with Crippen LogP contribution in [0.25, 0.3) is 0 Å². The zero-order valence-corrected chi connectivity index (χ0v) is 10.7. The van der Waals surface area contributed by atoms with Crippen molar-refractivity contribution in [2.24, 2.45) is 5.73 Å². The van der Waals surface area contributed by atoms with Gasteiger partial charge in [-0.25, -0.2) is 0 Å². The first-order valence-electron chi connectivity index (χ1n) is 6.67. The molecular formula is C13H27NO2. The Morgan fingerprint density at radius 1 is 1.00 bits per heavy atom. The highest BCUT2D eigenvalue weighted by Crippen LogP contribution is 2.04. The van der Waals surface area contributed by atoms with Crippen LogP contribution in [0, 0.1) is 0 Å². The minimum absolute atomic E-state index is 0.0377. The third-order valence-electron chi connectivity index (χ3n) is 2.60. The first kappa shape index (κ1) is 15.4. The Labute approximate surface area is 99.7 Å². The second-order valence-electron chi connectivity index (χ2n) is 4.23. The van der Waals surface area contributed by atoms with Crippen LogP contribution in [0.4, 0.5) is 0 Å². The Balaban J connectivity index is 3.12.